The van der Waals surface area contributed by atoms with Crippen molar-refractivity contribution in [1.82, 2.24) is 0 Å². The molecule has 0 amide bonds. The minimum absolute atomic E-state index is 0.00111. The lowest BCUT2D eigenvalue weighted by Crippen LogP contribution is -2.07. The van der Waals surface area contributed by atoms with Crippen LogP contribution in [0.25, 0.3) is 0 Å². The van der Waals surface area contributed by atoms with Crippen LogP contribution in [0.3, 0.4) is 0 Å². The zero-order valence-electron chi connectivity index (χ0n) is 9.38. The summed E-state index contributed by atoms with van der Waals surface area (Å²) in [6, 6.07) is 4.75. The number of benzene rings is 1. The van der Waals surface area contributed by atoms with E-state index in [1.807, 2.05) is 22.6 Å². The summed E-state index contributed by atoms with van der Waals surface area (Å²) in [7, 11) is 0. The Balaban J connectivity index is 2.79. The number of carbonyl (C=O) groups excluding carboxylic acids is 1. The van der Waals surface area contributed by atoms with Gasteiger partial charge in [0.1, 0.15) is 0 Å². The largest absolute Gasteiger partial charge is 0.466 e. The summed E-state index contributed by atoms with van der Waals surface area (Å²) in [6.07, 6.45) is -2.09. The molecule has 0 radical (unpaired) electrons. The first kappa shape index (κ1) is 14.3. The van der Waals surface area contributed by atoms with Crippen molar-refractivity contribution in [3.63, 3.8) is 0 Å². The van der Waals surface area contributed by atoms with Gasteiger partial charge in [0, 0.05) is 15.6 Å². The van der Waals surface area contributed by atoms with Gasteiger partial charge in [-0.2, -0.15) is 0 Å². The van der Waals surface area contributed by atoms with Crippen LogP contribution in [-0.4, -0.2) is 12.6 Å². The van der Waals surface area contributed by atoms with Crippen molar-refractivity contribution >= 4 is 28.6 Å². The Bertz CT molecular complexity index is 394. The number of hydrogen-bond donors (Lipinski definition) is 0. The van der Waals surface area contributed by atoms with Crippen LogP contribution in [0.15, 0.2) is 18.2 Å². The summed E-state index contributed by atoms with van der Waals surface area (Å²) in [4.78, 5) is 11.2. The van der Waals surface area contributed by atoms with Gasteiger partial charge in [0.2, 0.25) is 0 Å². The molecule has 1 rings (SSSR count). The van der Waals surface area contributed by atoms with E-state index in [1.54, 1.807) is 19.1 Å². The van der Waals surface area contributed by atoms with Gasteiger partial charge in [-0.3, -0.25) is 4.79 Å². The van der Waals surface area contributed by atoms with Crippen LogP contribution in [0.1, 0.15) is 30.9 Å². The second-order valence-corrected chi connectivity index (χ2v) is 4.58. The van der Waals surface area contributed by atoms with Gasteiger partial charge in [-0.05, 0) is 47.6 Å². The summed E-state index contributed by atoms with van der Waals surface area (Å²) in [6.45, 7) is 2.03. The molecule has 0 fully saturated rings. The molecule has 0 unspecified atom stereocenters. The van der Waals surface area contributed by atoms with E-state index in [-0.39, 0.29) is 24.4 Å². The third-order valence-electron chi connectivity index (χ3n) is 2.27. The molecule has 0 bridgehead atoms. The Labute approximate surface area is 112 Å². The number of halogens is 3. The number of hydrogen-bond acceptors (Lipinski definition) is 2. The first-order valence-corrected chi connectivity index (χ1v) is 6.35. The van der Waals surface area contributed by atoms with Crippen molar-refractivity contribution < 1.29 is 18.3 Å². The van der Waals surface area contributed by atoms with E-state index < -0.39 is 6.43 Å². The molecule has 0 aromatic heterocycles. The lowest BCUT2D eigenvalue weighted by atomic mass is 10.0. The van der Waals surface area contributed by atoms with Gasteiger partial charge in [0.25, 0.3) is 6.43 Å². The van der Waals surface area contributed by atoms with Crippen molar-refractivity contribution in [2.24, 2.45) is 0 Å². The zero-order chi connectivity index (χ0) is 12.8. The molecule has 0 aliphatic rings. The van der Waals surface area contributed by atoms with Gasteiger partial charge >= 0.3 is 5.97 Å². The topological polar surface area (TPSA) is 26.3 Å². The quantitative estimate of drug-likeness (QED) is 0.595. The van der Waals surface area contributed by atoms with Gasteiger partial charge in [-0.1, -0.05) is 12.1 Å². The van der Waals surface area contributed by atoms with E-state index in [0.717, 1.165) is 3.57 Å². The molecule has 5 heteroatoms. The highest BCUT2D eigenvalue weighted by molar-refractivity contribution is 14.1. The van der Waals surface area contributed by atoms with Crippen molar-refractivity contribution in [1.29, 1.82) is 0 Å². The Hall–Kier alpha value is -0.720. The normalized spacial score (nSPS) is 10.6. The molecule has 94 valence electrons. The summed E-state index contributed by atoms with van der Waals surface area (Å²) in [5.41, 5.74) is 0.539. The molecular weight excluding hydrogens is 341 g/mol. The number of alkyl halides is 2. The molecule has 17 heavy (non-hydrogen) atoms. The average molecular weight is 354 g/mol. The van der Waals surface area contributed by atoms with E-state index in [0.29, 0.717) is 12.2 Å². The van der Waals surface area contributed by atoms with E-state index in [1.165, 1.54) is 6.07 Å². The predicted molar refractivity (Wildman–Crippen MR) is 69.1 cm³/mol. The van der Waals surface area contributed by atoms with Gasteiger partial charge in [0.05, 0.1) is 6.61 Å². The highest BCUT2D eigenvalue weighted by Crippen LogP contribution is 2.27. The van der Waals surface area contributed by atoms with Crippen LogP contribution < -0.4 is 0 Å². The number of ether oxygens (including phenoxy) is 1. The summed E-state index contributed by atoms with van der Waals surface area (Å²) in [5.74, 6) is -0.354. The molecule has 0 heterocycles. The Morgan fingerprint density at radius 2 is 2.18 bits per heavy atom. The summed E-state index contributed by atoms with van der Waals surface area (Å²) < 4.78 is 31.1. The molecule has 0 saturated carbocycles. The van der Waals surface area contributed by atoms with E-state index in [2.05, 4.69) is 0 Å². The maximum Gasteiger partial charge on any atom is 0.306 e. The minimum atomic E-state index is -2.51. The van der Waals surface area contributed by atoms with Crippen LogP contribution in [0.2, 0.25) is 0 Å². The fourth-order valence-corrected chi connectivity index (χ4v) is 2.29. The second-order valence-electron chi connectivity index (χ2n) is 3.41. The third-order valence-corrected chi connectivity index (χ3v) is 3.29. The van der Waals surface area contributed by atoms with Crippen molar-refractivity contribution in [3.8, 4) is 0 Å². The first-order chi connectivity index (χ1) is 8.06. The van der Waals surface area contributed by atoms with Gasteiger partial charge < -0.3 is 4.74 Å². The maximum atomic E-state index is 12.8. The molecule has 1 aromatic rings. The second kappa shape index (κ2) is 6.88. The minimum Gasteiger partial charge on any atom is -0.466 e. The highest BCUT2D eigenvalue weighted by Gasteiger charge is 2.16. The monoisotopic (exact) mass is 354 g/mol. The molecule has 0 spiro atoms. The van der Waals surface area contributed by atoms with E-state index in [9.17, 15) is 13.6 Å². The van der Waals surface area contributed by atoms with Gasteiger partial charge in [0.15, 0.2) is 0 Å². The average Bonchev–Trinajstić information content (AvgIpc) is 2.27. The molecule has 0 atom stereocenters. The van der Waals surface area contributed by atoms with Crippen molar-refractivity contribution in [3.05, 3.63) is 32.9 Å². The first-order valence-electron chi connectivity index (χ1n) is 5.27. The smallest absolute Gasteiger partial charge is 0.306 e. The lowest BCUT2D eigenvalue weighted by molar-refractivity contribution is -0.143. The Kier molecular flexibility index (Phi) is 5.80. The van der Waals surface area contributed by atoms with Gasteiger partial charge in [-0.15, -0.1) is 0 Å². The van der Waals surface area contributed by atoms with Crippen LogP contribution in [0, 0.1) is 3.57 Å². The number of carbonyl (C=O) groups is 1. The van der Waals surface area contributed by atoms with Gasteiger partial charge in [-0.25, -0.2) is 8.78 Å². The zero-order valence-corrected chi connectivity index (χ0v) is 11.5. The molecule has 2 nitrogen and oxygen atoms in total. The number of rotatable bonds is 5. The standard InChI is InChI=1S/C12H13F2IO2/c1-2-17-11(16)7-6-8-9(12(13)14)4-3-5-10(8)15/h3-5,12H,2,6-7H2,1H3. The maximum absolute atomic E-state index is 12.8. The van der Waals surface area contributed by atoms with Crippen LogP contribution >= 0.6 is 22.6 Å². The molecule has 0 saturated heterocycles. The number of esters is 1. The van der Waals surface area contributed by atoms with Crippen molar-refractivity contribution in [2.45, 2.75) is 26.2 Å². The Morgan fingerprint density at radius 3 is 2.76 bits per heavy atom. The lowest BCUT2D eigenvalue weighted by Gasteiger charge is -2.10. The molecule has 0 N–H and O–H groups in total. The van der Waals surface area contributed by atoms with E-state index in [4.69, 9.17) is 4.74 Å². The van der Waals surface area contributed by atoms with Crippen LogP contribution in [-0.2, 0) is 16.0 Å². The fraction of sp³-hybridized carbons (Fsp3) is 0.417. The molecule has 0 aliphatic carbocycles. The highest BCUT2D eigenvalue weighted by atomic mass is 127. The molecule has 0 aliphatic heterocycles. The SMILES string of the molecule is CCOC(=O)CCc1c(I)cccc1C(F)F. The third kappa shape index (κ3) is 4.22. The van der Waals surface area contributed by atoms with Crippen LogP contribution in [0.4, 0.5) is 8.78 Å². The molecule has 1 aromatic carbocycles. The van der Waals surface area contributed by atoms with E-state index >= 15 is 0 Å². The van der Waals surface area contributed by atoms with Crippen LogP contribution in [0.5, 0.6) is 0 Å². The fourth-order valence-electron chi connectivity index (χ4n) is 1.50. The molecular formula is C12H13F2IO2. The summed E-state index contributed by atoms with van der Waals surface area (Å²) in [5, 5.41) is 0. The summed E-state index contributed by atoms with van der Waals surface area (Å²) >= 11 is 2.00. The van der Waals surface area contributed by atoms with Crippen molar-refractivity contribution in [2.75, 3.05) is 6.61 Å². The predicted octanol–water partition coefficient (Wildman–Crippen LogP) is 3.72. The Morgan fingerprint density at radius 1 is 1.47 bits per heavy atom.